The Morgan fingerprint density at radius 1 is 1.21 bits per heavy atom. The monoisotopic (exact) mass is 259 g/mol. The molecule has 104 valence electrons. The van der Waals surface area contributed by atoms with Gasteiger partial charge in [0.05, 0.1) is 7.11 Å². The standard InChI is InChI=1S/C17H25NO/c1-17(2)10-14(17)11-18-15-8-13(9-15)12-4-6-16(19-3)7-5-12/h4-7,13-15,18H,8-11H2,1-3H3. The van der Waals surface area contributed by atoms with E-state index in [1.54, 1.807) is 7.11 Å². The highest BCUT2D eigenvalue weighted by molar-refractivity contribution is 5.30. The minimum atomic E-state index is 0.603. The van der Waals surface area contributed by atoms with Crippen LogP contribution in [0.5, 0.6) is 5.75 Å². The van der Waals surface area contributed by atoms with Gasteiger partial charge in [0.25, 0.3) is 0 Å². The molecule has 0 bridgehead atoms. The van der Waals surface area contributed by atoms with Gasteiger partial charge in [0, 0.05) is 6.04 Å². The lowest BCUT2D eigenvalue weighted by Crippen LogP contribution is -2.41. The van der Waals surface area contributed by atoms with Crippen LogP contribution in [-0.2, 0) is 0 Å². The number of nitrogens with one attached hydrogen (secondary N) is 1. The molecular weight excluding hydrogens is 234 g/mol. The van der Waals surface area contributed by atoms with E-state index in [1.807, 2.05) is 0 Å². The Kier molecular flexibility index (Phi) is 3.30. The zero-order valence-electron chi connectivity index (χ0n) is 12.3. The van der Waals surface area contributed by atoms with Crippen molar-refractivity contribution in [1.29, 1.82) is 0 Å². The predicted octanol–water partition coefficient (Wildman–Crippen LogP) is 3.58. The van der Waals surface area contributed by atoms with Crippen molar-refractivity contribution >= 4 is 0 Å². The van der Waals surface area contributed by atoms with Gasteiger partial charge < -0.3 is 10.1 Å². The third kappa shape index (κ3) is 2.79. The highest BCUT2D eigenvalue weighted by Gasteiger charge is 2.45. The number of hydrogen-bond donors (Lipinski definition) is 1. The molecule has 1 N–H and O–H groups in total. The average Bonchev–Trinajstić information content (AvgIpc) is 2.96. The summed E-state index contributed by atoms with van der Waals surface area (Å²) in [5, 5.41) is 3.73. The zero-order valence-corrected chi connectivity index (χ0v) is 12.3. The van der Waals surface area contributed by atoms with Gasteiger partial charge in [-0.25, -0.2) is 0 Å². The lowest BCUT2D eigenvalue weighted by atomic mass is 9.76. The van der Waals surface area contributed by atoms with Gasteiger partial charge in [-0.3, -0.25) is 0 Å². The van der Waals surface area contributed by atoms with Crippen LogP contribution in [0.2, 0.25) is 0 Å². The molecule has 1 atom stereocenters. The highest BCUT2D eigenvalue weighted by atomic mass is 16.5. The second kappa shape index (κ2) is 4.82. The molecule has 0 heterocycles. The molecule has 0 saturated heterocycles. The largest absolute Gasteiger partial charge is 0.497 e. The van der Waals surface area contributed by atoms with Crippen molar-refractivity contribution in [1.82, 2.24) is 5.32 Å². The third-order valence-corrected chi connectivity index (χ3v) is 5.10. The number of ether oxygens (including phenoxy) is 1. The fourth-order valence-corrected chi connectivity index (χ4v) is 3.17. The predicted molar refractivity (Wildman–Crippen MR) is 78.6 cm³/mol. The van der Waals surface area contributed by atoms with Gasteiger partial charge in [-0.05, 0) is 60.8 Å². The van der Waals surface area contributed by atoms with Crippen molar-refractivity contribution in [3.8, 4) is 5.75 Å². The molecule has 0 radical (unpaired) electrons. The minimum absolute atomic E-state index is 0.603. The molecular formula is C17H25NO. The molecule has 1 aromatic rings. The first-order chi connectivity index (χ1) is 9.08. The zero-order chi connectivity index (χ0) is 13.5. The summed E-state index contributed by atoms with van der Waals surface area (Å²) in [6.45, 7) is 5.97. The van der Waals surface area contributed by atoms with Gasteiger partial charge in [-0.2, -0.15) is 0 Å². The second-order valence-electron chi connectivity index (χ2n) is 6.94. The molecule has 2 nitrogen and oxygen atoms in total. The quantitative estimate of drug-likeness (QED) is 0.872. The van der Waals surface area contributed by atoms with Gasteiger partial charge in [-0.15, -0.1) is 0 Å². The maximum absolute atomic E-state index is 5.20. The molecule has 2 fully saturated rings. The van der Waals surface area contributed by atoms with Crippen LogP contribution < -0.4 is 10.1 Å². The van der Waals surface area contributed by atoms with E-state index in [4.69, 9.17) is 4.74 Å². The minimum Gasteiger partial charge on any atom is -0.497 e. The van der Waals surface area contributed by atoms with E-state index in [1.165, 1.54) is 31.4 Å². The van der Waals surface area contributed by atoms with Crippen LogP contribution in [0.25, 0.3) is 0 Å². The normalized spacial score (nSPS) is 31.6. The summed E-state index contributed by atoms with van der Waals surface area (Å²) in [7, 11) is 1.72. The van der Waals surface area contributed by atoms with Crippen LogP contribution in [-0.4, -0.2) is 19.7 Å². The smallest absolute Gasteiger partial charge is 0.118 e. The molecule has 0 spiro atoms. The molecule has 2 aliphatic carbocycles. The molecule has 2 heteroatoms. The van der Waals surface area contributed by atoms with Gasteiger partial charge in [0.2, 0.25) is 0 Å². The first kappa shape index (κ1) is 13.0. The van der Waals surface area contributed by atoms with E-state index in [0.717, 1.165) is 23.6 Å². The third-order valence-electron chi connectivity index (χ3n) is 5.10. The summed E-state index contributed by atoms with van der Waals surface area (Å²) in [5.74, 6) is 2.61. The fourth-order valence-electron chi connectivity index (χ4n) is 3.17. The first-order valence-electron chi connectivity index (χ1n) is 7.46. The van der Waals surface area contributed by atoms with Crippen LogP contribution in [0.1, 0.15) is 44.6 Å². The van der Waals surface area contributed by atoms with E-state index < -0.39 is 0 Å². The Bertz CT molecular complexity index is 431. The number of methoxy groups -OCH3 is 1. The molecule has 1 aromatic carbocycles. The van der Waals surface area contributed by atoms with Crippen molar-refractivity contribution in [3.05, 3.63) is 29.8 Å². The van der Waals surface area contributed by atoms with E-state index >= 15 is 0 Å². The highest BCUT2D eigenvalue weighted by Crippen LogP contribution is 2.51. The van der Waals surface area contributed by atoms with E-state index in [9.17, 15) is 0 Å². The summed E-state index contributed by atoms with van der Waals surface area (Å²) in [5.41, 5.74) is 2.07. The summed E-state index contributed by atoms with van der Waals surface area (Å²) in [6, 6.07) is 9.31. The van der Waals surface area contributed by atoms with Crippen LogP contribution in [0, 0.1) is 11.3 Å². The van der Waals surface area contributed by atoms with Crippen molar-refractivity contribution < 1.29 is 4.74 Å². The molecule has 0 amide bonds. The fraction of sp³-hybridized carbons (Fsp3) is 0.647. The Morgan fingerprint density at radius 2 is 1.84 bits per heavy atom. The maximum Gasteiger partial charge on any atom is 0.118 e. The first-order valence-corrected chi connectivity index (χ1v) is 7.46. The number of rotatable bonds is 5. The van der Waals surface area contributed by atoms with E-state index in [2.05, 4.69) is 43.4 Å². The molecule has 2 saturated carbocycles. The van der Waals surface area contributed by atoms with E-state index in [0.29, 0.717) is 5.41 Å². The Balaban J connectivity index is 1.42. The molecule has 2 aliphatic rings. The SMILES string of the molecule is COc1ccc(C2CC(NCC3CC3(C)C)C2)cc1. The topological polar surface area (TPSA) is 21.3 Å². The average molecular weight is 259 g/mol. The molecule has 3 rings (SSSR count). The van der Waals surface area contributed by atoms with Gasteiger partial charge in [0.15, 0.2) is 0 Å². The summed E-state index contributed by atoms with van der Waals surface area (Å²) >= 11 is 0. The molecule has 0 aromatic heterocycles. The van der Waals surface area contributed by atoms with E-state index in [-0.39, 0.29) is 0 Å². The Labute approximate surface area is 116 Å². The Hall–Kier alpha value is -1.02. The van der Waals surface area contributed by atoms with Crippen LogP contribution in [0.3, 0.4) is 0 Å². The molecule has 19 heavy (non-hydrogen) atoms. The second-order valence-corrected chi connectivity index (χ2v) is 6.94. The lowest BCUT2D eigenvalue weighted by Gasteiger charge is -2.36. The summed E-state index contributed by atoms with van der Waals surface area (Å²) in [6.07, 6.45) is 3.98. The van der Waals surface area contributed by atoms with Crippen molar-refractivity contribution in [2.24, 2.45) is 11.3 Å². The molecule has 1 unspecified atom stereocenters. The van der Waals surface area contributed by atoms with Gasteiger partial charge in [0.1, 0.15) is 5.75 Å². The maximum atomic E-state index is 5.20. The Morgan fingerprint density at radius 3 is 2.37 bits per heavy atom. The summed E-state index contributed by atoms with van der Waals surface area (Å²) < 4.78 is 5.20. The number of hydrogen-bond acceptors (Lipinski definition) is 2. The number of benzene rings is 1. The van der Waals surface area contributed by atoms with Crippen LogP contribution in [0.4, 0.5) is 0 Å². The van der Waals surface area contributed by atoms with Crippen LogP contribution >= 0.6 is 0 Å². The lowest BCUT2D eigenvalue weighted by molar-refractivity contribution is 0.284. The van der Waals surface area contributed by atoms with Crippen molar-refractivity contribution in [2.45, 2.75) is 45.1 Å². The van der Waals surface area contributed by atoms with Crippen molar-refractivity contribution in [2.75, 3.05) is 13.7 Å². The van der Waals surface area contributed by atoms with Crippen LogP contribution in [0.15, 0.2) is 24.3 Å². The summed E-state index contributed by atoms with van der Waals surface area (Å²) in [4.78, 5) is 0. The van der Waals surface area contributed by atoms with Crippen molar-refractivity contribution in [3.63, 3.8) is 0 Å². The molecule has 0 aliphatic heterocycles. The van der Waals surface area contributed by atoms with Gasteiger partial charge in [-0.1, -0.05) is 26.0 Å². The van der Waals surface area contributed by atoms with Gasteiger partial charge >= 0.3 is 0 Å².